The van der Waals surface area contributed by atoms with Gasteiger partial charge in [0, 0.05) is 79.5 Å². The Morgan fingerprint density at radius 2 is 1.25 bits per heavy atom. The van der Waals surface area contributed by atoms with Gasteiger partial charge in [0.15, 0.2) is 0 Å². The minimum Gasteiger partial charge on any atom is -0.495 e. The zero-order valence-electron chi connectivity index (χ0n) is 43.2. The number of carbonyl (C=O) groups excluding carboxylic acids is 6. The third-order valence-corrected chi connectivity index (χ3v) is 15.2. The Hall–Kier alpha value is -6.58. The largest absolute Gasteiger partial charge is 0.495 e. The quantitative estimate of drug-likeness (QED) is 0.0661. The fourth-order valence-electron chi connectivity index (χ4n) is 10.3. The Labute approximate surface area is 464 Å². The van der Waals surface area contributed by atoms with E-state index in [0.717, 1.165) is 74.4 Å². The number of benzene rings is 4. The number of nitrogens with one attached hydrogen (secondary N) is 3. The Morgan fingerprint density at radius 3 is 1.70 bits per heavy atom. The van der Waals surface area contributed by atoms with Crippen LogP contribution in [0.1, 0.15) is 56.2 Å². The molecule has 0 radical (unpaired) electrons. The minimum absolute atomic E-state index is 0.0546. The number of esters is 1. The van der Waals surface area contributed by atoms with Crippen molar-refractivity contribution in [3.63, 3.8) is 0 Å². The van der Waals surface area contributed by atoms with Gasteiger partial charge in [0.05, 0.1) is 42.7 Å². The van der Waals surface area contributed by atoms with Crippen LogP contribution in [0, 0.1) is 11.6 Å². The molecule has 22 heteroatoms. The fraction of sp³-hybridized carbons (Fsp3) is 0.382. The SMILES string of the molecule is C=CC(=O)N1C2CCC1CN(Cc1ccc(F)cc1)C2.COC(=O)[C@@H](C)NC(=O)Nc1cc(Cl)c(OC)cc1Br.COc1cc(/C=C/C(=O)N2C3CCC2CN(Cc2ccc(F)cc2)C3)c(N2C(=O)NC(C)C2=O)cc1Cl. The Balaban J connectivity index is 0.000000183. The van der Waals surface area contributed by atoms with Gasteiger partial charge < -0.3 is 40.0 Å². The van der Waals surface area contributed by atoms with Crippen LogP contribution in [0.4, 0.5) is 29.7 Å². The predicted molar refractivity (Wildman–Crippen MR) is 293 cm³/mol. The van der Waals surface area contributed by atoms with E-state index in [1.807, 2.05) is 21.9 Å². The number of amides is 7. The second-order valence-corrected chi connectivity index (χ2v) is 20.8. The first kappa shape index (κ1) is 58.1. The van der Waals surface area contributed by atoms with Crippen LogP contribution in [0.15, 0.2) is 96.0 Å². The smallest absolute Gasteiger partial charge is 0.329 e. The molecule has 0 aromatic heterocycles. The van der Waals surface area contributed by atoms with Crippen LogP contribution in [0.25, 0.3) is 6.08 Å². The summed E-state index contributed by atoms with van der Waals surface area (Å²) in [5.41, 5.74) is 3.36. The third kappa shape index (κ3) is 14.3. The first-order valence-electron chi connectivity index (χ1n) is 24.9. The topological polar surface area (TPSA) is 182 Å². The highest BCUT2D eigenvalue weighted by Gasteiger charge is 2.43. The van der Waals surface area contributed by atoms with Gasteiger partial charge >= 0.3 is 18.0 Å². The van der Waals surface area contributed by atoms with E-state index in [2.05, 4.69) is 53.0 Å². The lowest BCUT2D eigenvalue weighted by Gasteiger charge is -2.40. The molecule has 0 aliphatic carbocycles. The number of ether oxygens (including phenoxy) is 3. The summed E-state index contributed by atoms with van der Waals surface area (Å²) in [4.78, 5) is 82.9. The molecule has 5 heterocycles. The fourth-order valence-corrected chi connectivity index (χ4v) is 11.2. The maximum absolute atomic E-state index is 13.3. The van der Waals surface area contributed by atoms with Crippen LogP contribution in [0.5, 0.6) is 11.5 Å². The maximum atomic E-state index is 13.3. The molecular formula is C55H61BrCl2F2N8O9. The van der Waals surface area contributed by atoms with Crippen molar-refractivity contribution in [3.8, 4) is 11.5 Å². The molecule has 6 atom stereocenters. The molecule has 410 valence electrons. The Kier molecular flexibility index (Phi) is 19.8. The van der Waals surface area contributed by atoms with Crippen LogP contribution in [0.2, 0.25) is 10.0 Å². The molecular weight excluding hydrogens is 1110 g/mol. The van der Waals surface area contributed by atoms with Gasteiger partial charge in [-0.25, -0.2) is 28.1 Å². The van der Waals surface area contributed by atoms with E-state index in [1.165, 1.54) is 76.8 Å². The number of hydrogen-bond acceptors (Lipinski definition) is 11. The zero-order valence-corrected chi connectivity index (χ0v) is 46.3. The van der Waals surface area contributed by atoms with E-state index in [4.69, 9.17) is 32.7 Å². The summed E-state index contributed by atoms with van der Waals surface area (Å²) in [5.74, 6) is -0.612. The van der Waals surface area contributed by atoms with Crippen molar-refractivity contribution in [2.45, 2.75) is 88.9 Å². The number of carbonyl (C=O) groups is 6. The van der Waals surface area contributed by atoms with Crippen LogP contribution < -0.4 is 30.3 Å². The number of methoxy groups -OCH3 is 3. The normalized spacial score (nSPS) is 21.1. The monoisotopic (exact) mass is 1160 g/mol. The number of fused-ring (bicyclic) bond motifs is 4. The van der Waals surface area contributed by atoms with Gasteiger partial charge in [-0.1, -0.05) is 54.0 Å². The number of halogens is 5. The van der Waals surface area contributed by atoms with Gasteiger partial charge in [0.2, 0.25) is 11.8 Å². The highest BCUT2D eigenvalue weighted by atomic mass is 79.9. The molecule has 77 heavy (non-hydrogen) atoms. The second-order valence-electron chi connectivity index (χ2n) is 19.1. The van der Waals surface area contributed by atoms with E-state index in [1.54, 1.807) is 37.3 Å². The van der Waals surface area contributed by atoms with Gasteiger partial charge in [-0.2, -0.15) is 0 Å². The molecule has 5 fully saturated rings. The van der Waals surface area contributed by atoms with Crippen LogP contribution in [-0.2, 0) is 37.0 Å². The average Bonchev–Trinajstić information content (AvgIpc) is 3.97. The Bertz CT molecular complexity index is 2860. The van der Waals surface area contributed by atoms with Gasteiger partial charge in [-0.3, -0.25) is 24.2 Å². The minimum atomic E-state index is -0.757. The molecule has 9 rings (SSSR count). The molecule has 3 N–H and O–H groups in total. The molecule has 7 amide bonds. The predicted octanol–water partition coefficient (Wildman–Crippen LogP) is 8.80. The highest BCUT2D eigenvalue weighted by molar-refractivity contribution is 9.10. The van der Waals surface area contributed by atoms with E-state index < -0.39 is 36.0 Å². The zero-order chi connectivity index (χ0) is 55.7. The number of anilines is 2. The third-order valence-electron chi connectivity index (χ3n) is 13.9. The van der Waals surface area contributed by atoms with Crippen molar-refractivity contribution in [2.24, 2.45) is 0 Å². The van der Waals surface area contributed by atoms with Gasteiger partial charge in [0.25, 0.3) is 5.91 Å². The molecule has 0 spiro atoms. The number of imide groups is 1. The lowest BCUT2D eigenvalue weighted by atomic mass is 10.1. The van der Waals surface area contributed by atoms with Gasteiger partial charge in [-0.05, 0) is 127 Å². The number of piperazine rings is 2. The molecule has 5 aliphatic heterocycles. The highest BCUT2D eigenvalue weighted by Crippen LogP contribution is 2.38. The number of nitrogens with zero attached hydrogens (tertiary/aromatic N) is 5. The van der Waals surface area contributed by atoms with Crippen molar-refractivity contribution < 1.29 is 51.8 Å². The lowest BCUT2D eigenvalue weighted by Crippen LogP contribution is -2.55. The summed E-state index contributed by atoms with van der Waals surface area (Å²) in [6, 6.07) is 17.7. The summed E-state index contributed by atoms with van der Waals surface area (Å²) in [6.07, 6.45) is 8.49. The first-order chi connectivity index (χ1) is 36.8. The van der Waals surface area contributed by atoms with E-state index in [-0.39, 0.29) is 46.2 Å². The summed E-state index contributed by atoms with van der Waals surface area (Å²) in [6.45, 7) is 11.5. The molecule has 5 unspecified atom stereocenters. The first-order valence-corrected chi connectivity index (χ1v) is 26.4. The summed E-state index contributed by atoms with van der Waals surface area (Å²) >= 11 is 15.6. The summed E-state index contributed by atoms with van der Waals surface area (Å²) < 4.78 is 41.6. The summed E-state index contributed by atoms with van der Waals surface area (Å²) in [7, 11) is 4.21. The molecule has 4 bridgehead atoms. The number of urea groups is 2. The molecule has 5 aliphatic rings. The number of rotatable bonds is 13. The molecule has 4 aromatic rings. The van der Waals surface area contributed by atoms with Crippen molar-refractivity contribution in [1.29, 1.82) is 0 Å². The molecule has 17 nitrogen and oxygen atoms in total. The van der Waals surface area contributed by atoms with Crippen molar-refractivity contribution in [1.82, 2.24) is 30.2 Å². The average molecular weight is 1170 g/mol. The van der Waals surface area contributed by atoms with Crippen molar-refractivity contribution >= 4 is 92.3 Å². The molecule has 0 saturated carbocycles. The van der Waals surface area contributed by atoms with Crippen molar-refractivity contribution in [2.75, 3.05) is 57.7 Å². The van der Waals surface area contributed by atoms with E-state index in [9.17, 15) is 37.5 Å². The Morgan fingerprint density at radius 1 is 0.766 bits per heavy atom. The standard InChI is InChI=1S/C27H28ClFN4O4.C16H19FN2O.C12H14BrClN2O4/c1-16-26(35)33(27(36)30-16)23-12-22(28)24(37-2)11-18(23)5-10-25(34)32-20-8-9-21(32)15-31(14-20)13-17-3-6-19(29)7-4-17;1-2-16(20)19-14-7-8-15(19)11-18(10-14)9-12-3-5-13(17)6-4-12;1-6(11(17)20-3)15-12(18)16-9-5-8(14)10(19-2)4-7(9)13/h3-7,10-12,16,20-21H,8-9,13-15H2,1-2H3,(H,30,36);2-6,14-15H,1,7-11H2;4-6H,1-3H3,(H2,15,16,18)/b10-5+;;/t;;6-/m..1/s1. The van der Waals surface area contributed by atoms with Crippen LogP contribution >= 0.6 is 39.1 Å². The second kappa shape index (κ2) is 26.2. The summed E-state index contributed by atoms with van der Waals surface area (Å²) in [5, 5.41) is 8.19. The van der Waals surface area contributed by atoms with Crippen LogP contribution in [-0.4, -0.2) is 139 Å². The van der Waals surface area contributed by atoms with E-state index >= 15 is 0 Å². The number of hydrogen-bond donors (Lipinski definition) is 3. The molecule has 4 aromatic carbocycles. The van der Waals surface area contributed by atoms with Crippen molar-refractivity contribution in [3.05, 3.63) is 134 Å². The van der Waals surface area contributed by atoms with E-state index in [0.29, 0.717) is 50.9 Å². The van der Waals surface area contributed by atoms with Gasteiger partial charge in [-0.15, -0.1) is 0 Å². The molecule has 5 saturated heterocycles. The van der Waals surface area contributed by atoms with Gasteiger partial charge in [0.1, 0.15) is 35.2 Å². The van der Waals surface area contributed by atoms with Crippen LogP contribution in [0.3, 0.4) is 0 Å². The number of likely N-dealkylation sites (tertiary alicyclic amines) is 2. The lowest BCUT2D eigenvalue weighted by molar-refractivity contribution is -0.142. The maximum Gasteiger partial charge on any atom is 0.329 e.